The van der Waals surface area contributed by atoms with Gasteiger partial charge in [0.15, 0.2) is 0 Å². The molecule has 6 aromatic rings. The first kappa shape index (κ1) is 73.8. The van der Waals surface area contributed by atoms with Crippen LogP contribution in [0.5, 0.6) is 17.2 Å². The molecule has 6 heterocycles. The zero-order chi connectivity index (χ0) is 72.0. The molecule has 12 rings (SSSR count). The van der Waals surface area contributed by atoms with Crippen molar-refractivity contribution in [3.05, 3.63) is 208 Å². The number of halogens is 7. The summed E-state index contributed by atoms with van der Waals surface area (Å²) >= 11 is 0. The number of nitrogens with one attached hydrogen (secondary N) is 1. The van der Waals surface area contributed by atoms with Gasteiger partial charge in [-0.25, -0.2) is 8.42 Å². The van der Waals surface area contributed by atoms with Gasteiger partial charge in [0, 0.05) is 148 Å². The topological polar surface area (TPSA) is 175 Å². The molecule has 3 saturated heterocycles. The molecule has 0 atom stereocenters. The lowest BCUT2D eigenvalue weighted by molar-refractivity contribution is -0.187. The Kier molecular flexibility index (Phi) is 22.5. The van der Waals surface area contributed by atoms with E-state index >= 15 is 0 Å². The molecule has 6 aliphatic rings. The van der Waals surface area contributed by atoms with Gasteiger partial charge in [-0.15, -0.1) is 0 Å². The Morgan fingerprint density at radius 2 is 0.740 bits per heavy atom. The Hall–Kier alpha value is -8.93. The van der Waals surface area contributed by atoms with E-state index in [0.29, 0.717) is 65.5 Å². The van der Waals surface area contributed by atoms with E-state index in [9.17, 15) is 58.7 Å². The maximum atomic E-state index is 12.9. The first-order chi connectivity index (χ1) is 47.6. The molecule has 100 heavy (non-hydrogen) atoms. The molecule has 16 nitrogen and oxygen atoms in total. The second-order valence-corrected chi connectivity index (χ2v) is 27.8. The Morgan fingerprint density at radius 3 is 1.05 bits per heavy atom. The lowest BCUT2D eigenvalue weighted by atomic mass is 9.82. The Labute approximate surface area is 583 Å². The molecule has 0 radical (unpaired) electrons. The number of hydrogen-bond acceptors (Lipinski definition) is 11. The number of ether oxygens (including phenoxy) is 3. The maximum Gasteiger partial charge on any atom is 0.471 e. The highest BCUT2D eigenvalue weighted by molar-refractivity contribution is 8.13. The van der Waals surface area contributed by atoms with E-state index in [1.165, 1.54) is 23.8 Å². The van der Waals surface area contributed by atoms with Crippen LogP contribution < -0.4 is 19.5 Å². The van der Waals surface area contributed by atoms with Crippen LogP contribution in [0.4, 0.5) is 26.3 Å². The van der Waals surface area contributed by atoms with E-state index in [-0.39, 0.29) is 80.1 Å². The first-order valence-corrected chi connectivity index (χ1v) is 36.1. The summed E-state index contributed by atoms with van der Waals surface area (Å²) in [6, 6.07) is 42.1. The minimum atomic E-state index is -4.96. The number of alkyl halides is 6. The third kappa shape index (κ3) is 16.3. The van der Waals surface area contributed by atoms with Crippen molar-refractivity contribution in [1.29, 1.82) is 0 Å². The lowest BCUT2D eigenvalue weighted by Gasteiger charge is -2.43. The van der Waals surface area contributed by atoms with Gasteiger partial charge < -0.3 is 44.0 Å². The van der Waals surface area contributed by atoms with Gasteiger partial charge in [-0.05, 0) is 173 Å². The Bertz CT molecular complexity index is 4200. The van der Waals surface area contributed by atoms with E-state index in [4.69, 9.17) is 24.9 Å². The van der Waals surface area contributed by atoms with Crippen LogP contribution >= 0.6 is 10.7 Å². The molecule has 530 valence electrons. The number of likely N-dealkylation sites (tertiary alicyclic amines) is 2. The molecule has 3 fully saturated rings. The third-order valence-corrected chi connectivity index (χ3v) is 20.6. The summed E-state index contributed by atoms with van der Waals surface area (Å²) in [6.07, 6.45) is -1.17. The number of nitrogens with zero attached hydrogens (tertiary/aromatic N) is 5. The Balaban J connectivity index is 0.000000164. The van der Waals surface area contributed by atoms with Crippen LogP contribution in [0.15, 0.2) is 163 Å². The summed E-state index contributed by atoms with van der Waals surface area (Å²) in [4.78, 5) is 68.2. The standard InChI is InChI=1S/C26H26ClF3N2O5S.C26H27F3N2O3.C24H28N2O2/c1-3-31(4-2)23(33)18-7-5-17(6-8-18)21-16-25(11-13-32(14-12-25)24(34)26(28,29)30)37-22-10-9-19(15-20(21)22)38(27,35)36;1-3-30(4-2)23(32)19-11-9-18(10-12-19)21-17-25(34-22-8-6-5-7-20(21)22)13-15-31(16-14-25)24(33)26(27,28)29;1-3-26(4-2)23(27)19-11-9-18(10-12-19)21-17-24(13-15-25-16-14-24)28-22-8-6-5-7-20(21)22/h5-10,15-16H,3-4,11-14H2,1-2H3;5-12,17H,3-4,13-16H2,1-2H3;5-12,17,25H,3-4,13-16H2,1-2H3. The largest absolute Gasteiger partial charge is 0.482 e. The number of carbonyl (C=O) groups excluding carboxylic acids is 5. The maximum absolute atomic E-state index is 12.9. The molecule has 3 spiro atoms. The second-order valence-electron chi connectivity index (χ2n) is 25.3. The molecule has 6 aliphatic heterocycles. The fourth-order valence-electron chi connectivity index (χ4n) is 13.6. The number of amides is 5. The number of para-hydroxylation sites is 2. The van der Waals surface area contributed by atoms with Gasteiger partial charge in [-0.1, -0.05) is 72.8 Å². The van der Waals surface area contributed by atoms with Crippen LogP contribution in [0, 0.1) is 0 Å². The van der Waals surface area contributed by atoms with Crippen molar-refractivity contribution in [2.45, 2.75) is 114 Å². The fraction of sp³-hybridized carbons (Fsp3) is 0.382. The average molecular weight is 1420 g/mol. The zero-order valence-corrected chi connectivity index (χ0v) is 58.2. The van der Waals surface area contributed by atoms with Crippen LogP contribution in [-0.4, -0.2) is 170 Å². The monoisotopic (exact) mass is 1420 g/mol. The number of hydrogen-bond donors (Lipinski definition) is 1. The van der Waals surface area contributed by atoms with Crippen molar-refractivity contribution in [3.63, 3.8) is 0 Å². The normalized spacial score (nSPS) is 17.1. The van der Waals surface area contributed by atoms with Gasteiger partial charge in [-0.2, -0.15) is 26.3 Å². The van der Waals surface area contributed by atoms with Gasteiger partial charge in [0.05, 0.1) is 4.90 Å². The summed E-state index contributed by atoms with van der Waals surface area (Å²) in [7, 11) is 1.52. The molecule has 6 aromatic carbocycles. The van der Waals surface area contributed by atoms with Crippen LogP contribution in [0.25, 0.3) is 16.7 Å². The minimum absolute atomic E-state index is 0.0314. The number of fused-ring (bicyclic) bond motifs is 3. The molecule has 1 N–H and O–H groups in total. The SMILES string of the molecule is CCN(CC)C(=O)c1ccc(C2=CC3(CCN(C(=O)C(F)(F)F)CC3)Oc3ccc(S(=O)(=O)Cl)cc32)cc1.CCN(CC)C(=O)c1ccc(C2=CC3(CCN(C(=O)C(F)(F)F)CC3)Oc3ccccc32)cc1.CCN(CC)C(=O)c1ccc(C2=CC3(CCNCC3)Oc3ccccc32)cc1. The van der Waals surface area contributed by atoms with Crippen molar-refractivity contribution in [1.82, 2.24) is 29.8 Å². The smallest absolute Gasteiger partial charge is 0.471 e. The van der Waals surface area contributed by atoms with Gasteiger partial charge >= 0.3 is 24.2 Å². The fourth-order valence-corrected chi connectivity index (χ4v) is 14.4. The van der Waals surface area contributed by atoms with Crippen molar-refractivity contribution in [3.8, 4) is 17.2 Å². The van der Waals surface area contributed by atoms with Crippen molar-refractivity contribution < 1.29 is 72.9 Å². The summed E-state index contributed by atoms with van der Waals surface area (Å²) in [5.41, 5.74) is 7.56. The highest BCUT2D eigenvalue weighted by Gasteiger charge is 2.49. The van der Waals surface area contributed by atoms with Crippen molar-refractivity contribution in [2.24, 2.45) is 0 Å². The van der Waals surface area contributed by atoms with Crippen LogP contribution in [0.1, 0.15) is 145 Å². The average Bonchev–Trinajstić information content (AvgIpc) is 0.722. The number of piperidine rings is 3. The summed E-state index contributed by atoms with van der Waals surface area (Å²) in [5.74, 6) is -1.83. The molecule has 0 unspecified atom stereocenters. The van der Waals surface area contributed by atoms with E-state index in [2.05, 4.69) is 41.7 Å². The molecular weight excluding hydrogens is 1340 g/mol. The van der Waals surface area contributed by atoms with Gasteiger partial charge in [0.25, 0.3) is 26.8 Å². The van der Waals surface area contributed by atoms with E-state index in [1.807, 2.05) is 107 Å². The predicted molar refractivity (Wildman–Crippen MR) is 371 cm³/mol. The van der Waals surface area contributed by atoms with Gasteiger partial charge in [0.2, 0.25) is 0 Å². The van der Waals surface area contributed by atoms with Crippen molar-refractivity contribution in [2.75, 3.05) is 78.5 Å². The third-order valence-electron chi connectivity index (χ3n) is 19.2. The lowest BCUT2D eigenvalue weighted by Crippen LogP contribution is -2.52. The van der Waals surface area contributed by atoms with Gasteiger partial charge in [0.1, 0.15) is 34.1 Å². The van der Waals surface area contributed by atoms with Gasteiger partial charge in [-0.3, -0.25) is 24.0 Å². The molecule has 0 aliphatic carbocycles. The zero-order valence-electron chi connectivity index (χ0n) is 56.6. The first-order valence-electron chi connectivity index (χ1n) is 33.8. The van der Waals surface area contributed by atoms with Crippen LogP contribution in [0.2, 0.25) is 0 Å². The summed E-state index contributed by atoms with van der Waals surface area (Å²) in [5, 5.41) is 3.43. The molecule has 0 bridgehead atoms. The molecule has 5 amide bonds. The van der Waals surface area contributed by atoms with E-state index in [1.54, 1.807) is 52.3 Å². The number of benzene rings is 6. The van der Waals surface area contributed by atoms with Crippen LogP contribution in [-0.2, 0) is 18.6 Å². The quantitative estimate of drug-likeness (QED) is 0.0860. The highest BCUT2D eigenvalue weighted by Crippen LogP contribution is 2.47. The van der Waals surface area contributed by atoms with Crippen molar-refractivity contribution >= 4 is 66.0 Å². The number of carbonyl (C=O) groups is 5. The molecule has 0 aromatic heterocycles. The molecular formula is C76H81ClF6N6O10S. The Morgan fingerprint density at radius 1 is 0.440 bits per heavy atom. The predicted octanol–water partition coefficient (Wildman–Crippen LogP) is 13.9. The number of rotatable bonds is 13. The van der Waals surface area contributed by atoms with Crippen LogP contribution in [0.3, 0.4) is 0 Å². The van der Waals surface area contributed by atoms with E-state index in [0.717, 1.165) is 88.0 Å². The summed E-state index contributed by atoms with van der Waals surface area (Å²) in [6.45, 7) is 17.0. The minimum Gasteiger partial charge on any atom is -0.482 e. The van der Waals surface area contributed by atoms with E-state index < -0.39 is 44.4 Å². The molecule has 24 heteroatoms. The summed E-state index contributed by atoms with van der Waals surface area (Å²) < 4.78 is 120. The second kappa shape index (κ2) is 30.5. The molecule has 0 saturated carbocycles. The highest BCUT2D eigenvalue weighted by atomic mass is 35.7.